The van der Waals surface area contributed by atoms with Crippen LogP contribution < -0.4 is 10.6 Å². The Morgan fingerprint density at radius 3 is 2.57 bits per heavy atom. The van der Waals surface area contributed by atoms with Gasteiger partial charge in [0.2, 0.25) is 0 Å². The van der Waals surface area contributed by atoms with E-state index in [-0.39, 0.29) is 5.41 Å². The van der Waals surface area contributed by atoms with Crippen molar-refractivity contribution in [2.24, 2.45) is 12.0 Å². The number of thiophene rings is 2. The van der Waals surface area contributed by atoms with E-state index >= 15 is 0 Å². The third-order valence-electron chi connectivity index (χ3n) is 4.69. The Morgan fingerprint density at radius 1 is 1.14 bits per heavy atom. The molecule has 3 rings (SSSR count). The summed E-state index contributed by atoms with van der Waals surface area (Å²) in [5.74, 6) is 2.56. The lowest BCUT2D eigenvalue weighted by molar-refractivity contribution is 0.518. The number of nitrogens with zero attached hydrogens (tertiary/aromatic N) is 4. The second-order valence-corrected chi connectivity index (χ2v) is 9.34. The Hall–Kier alpha value is -2.19. The van der Waals surface area contributed by atoms with Gasteiger partial charge < -0.3 is 15.2 Å². The van der Waals surface area contributed by atoms with Gasteiger partial charge in [-0.05, 0) is 36.2 Å². The third kappa shape index (κ3) is 5.42. The first kappa shape index (κ1) is 20.5. The number of aryl methyl sites for hydroxylation is 1. The van der Waals surface area contributed by atoms with Gasteiger partial charge in [-0.3, -0.25) is 0 Å². The van der Waals surface area contributed by atoms with E-state index in [0.717, 1.165) is 37.1 Å². The van der Waals surface area contributed by atoms with Crippen LogP contribution in [0.2, 0.25) is 0 Å². The van der Waals surface area contributed by atoms with Crippen molar-refractivity contribution in [3.63, 3.8) is 0 Å². The molecule has 0 bridgehead atoms. The number of guanidine groups is 1. The van der Waals surface area contributed by atoms with Gasteiger partial charge in [-0.2, -0.15) is 0 Å². The summed E-state index contributed by atoms with van der Waals surface area (Å²) in [7, 11) is 1.97. The van der Waals surface area contributed by atoms with Crippen LogP contribution in [0.5, 0.6) is 0 Å². The van der Waals surface area contributed by atoms with Crippen LogP contribution >= 0.6 is 22.7 Å². The van der Waals surface area contributed by atoms with Gasteiger partial charge in [0, 0.05) is 35.3 Å². The number of nitrogens with one attached hydrogen (secondary N) is 2. The lowest BCUT2D eigenvalue weighted by atomic mass is 9.91. The fourth-order valence-corrected chi connectivity index (χ4v) is 4.29. The molecule has 0 atom stereocenters. The van der Waals surface area contributed by atoms with Crippen LogP contribution in [0.1, 0.15) is 35.3 Å². The van der Waals surface area contributed by atoms with Gasteiger partial charge in [-0.25, -0.2) is 4.99 Å². The van der Waals surface area contributed by atoms with Crippen LogP contribution in [0.4, 0.5) is 0 Å². The molecule has 0 spiro atoms. The minimum absolute atomic E-state index is 0.0335. The normalized spacial score (nSPS) is 12.4. The Bertz CT molecular complexity index is 878. The molecular weight excluding hydrogens is 388 g/mol. The Kier molecular flexibility index (Phi) is 6.85. The molecule has 0 aliphatic rings. The summed E-state index contributed by atoms with van der Waals surface area (Å²) in [6, 6.07) is 8.55. The van der Waals surface area contributed by atoms with Gasteiger partial charge in [0.15, 0.2) is 11.8 Å². The molecular formula is C20H28N6S2. The molecule has 0 saturated heterocycles. The molecule has 6 nitrogen and oxygen atoms in total. The average Bonchev–Trinajstić information content (AvgIpc) is 3.42. The number of aromatic nitrogens is 3. The Morgan fingerprint density at radius 2 is 1.93 bits per heavy atom. The molecule has 0 amide bonds. The van der Waals surface area contributed by atoms with Gasteiger partial charge >= 0.3 is 0 Å². The molecule has 3 heterocycles. The van der Waals surface area contributed by atoms with Crippen molar-refractivity contribution in [2.75, 3.05) is 13.1 Å². The SMILES string of the molecule is Cc1nnc(CN=C(NCCc2cccs2)NCC(C)(C)c2cccs2)n1C. The zero-order valence-corrected chi connectivity index (χ0v) is 18.5. The van der Waals surface area contributed by atoms with Crippen molar-refractivity contribution >= 4 is 28.6 Å². The van der Waals surface area contributed by atoms with Gasteiger partial charge in [-0.1, -0.05) is 26.0 Å². The summed E-state index contributed by atoms with van der Waals surface area (Å²) in [6.07, 6.45) is 0.982. The molecule has 150 valence electrons. The fraction of sp³-hybridized carbons (Fsp3) is 0.450. The zero-order chi connectivity index (χ0) is 20.0. The van der Waals surface area contributed by atoms with Gasteiger partial charge in [0.1, 0.15) is 12.4 Å². The smallest absolute Gasteiger partial charge is 0.191 e. The van der Waals surface area contributed by atoms with Crippen LogP contribution in [0.3, 0.4) is 0 Å². The minimum Gasteiger partial charge on any atom is -0.356 e. The van der Waals surface area contributed by atoms with Crippen molar-refractivity contribution in [3.8, 4) is 0 Å². The van der Waals surface area contributed by atoms with E-state index in [1.807, 2.05) is 18.5 Å². The second kappa shape index (κ2) is 9.34. The van der Waals surface area contributed by atoms with Crippen molar-refractivity contribution in [1.82, 2.24) is 25.4 Å². The first-order valence-electron chi connectivity index (χ1n) is 9.39. The molecule has 0 aliphatic heterocycles. The lowest BCUT2D eigenvalue weighted by Crippen LogP contribution is -2.44. The average molecular weight is 417 g/mol. The zero-order valence-electron chi connectivity index (χ0n) is 16.9. The van der Waals surface area contributed by atoms with Gasteiger partial charge in [0.05, 0.1) is 0 Å². The summed E-state index contributed by atoms with van der Waals surface area (Å²) in [6.45, 7) is 8.58. The van der Waals surface area contributed by atoms with Gasteiger partial charge in [0.25, 0.3) is 0 Å². The lowest BCUT2D eigenvalue weighted by Gasteiger charge is -2.25. The van der Waals surface area contributed by atoms with E-state index in [0.29, 0.717) is 6.54 Å². The maximum atomic E-state index is 4.75. The van der Waals surface area contributed by atoms with E-state index < -0.39 is 0 Å². The third-order valence-corrected chi connectivity index (χ3v) is 6.86. The Labute approximate surface area is 174 Å². The van der Waals surface area contributed by atoms with Crippen LogP contribution in [0.25, 0.3) is 0 Å². The summed E-state index contributed by atoms with van der Waals surface area (Å²) in [5, 5.41) is 19.5. The van der Waals surface area contributed by atoms with Crippen molar-refractivity contribution in [2.45, 2.75) is 39.2 Å². The predicted octanol–water partition coefficient (Wildman–Crippen LogP) is 3.50. The first-order valence-corrected chi connectivity index (χ1v) is 11.1. The molecule has 2 N–H and O–H groups in total. The predicted molar refractivity (Wildman–Crippen MR) is 118 cm³/mol. The highest BCUT2D eigenvalue weighted by molar-refractivity contribution is 7.10. The summed E-state index contributed by atoms with van der Waals surface area (Å²) < 4.78 is 1.97. The number of rotatable bonds is 8. The van der Waals surface area contributed by atoms with Crippen LogP contribution in [0, 0.1) is 6.92 Å². The van der Waals surface area contributed by atoms with E-state index in [9.17, 15) is 0 Å². The maximum absolute atomic E-state index is 4.75. The molecule has 0 radical (unpaired) electrons. The first-order chi connectivity index (χ1) is 13.5. The molecule has 3 aromatic rings. The van der Waals surface area contributed by atoms with Crippen LogP contribution in [0.15, 0.2) is 40.0 Å². The number of hydrogen-bond acceptors (Lipinski definition) is 5. The molecule has 0 aliphatic carbocycles. The minimum atomic E-state index is 0.0335. The monoisotopic (exact) mass is 416 g/mol. The number of hydrogen-bond donors (Lipinski definition) is 2. The molecule has 28 heavy (non-hydrogen) atoms. The van der Waals surface area contributed by atoms with E-state index in [2.05, 4.69) is 69.7 Å². The van der Waals surface area contributed by atoms with Crippen LogP contribution in [-0.4, -0.2) is 33.8 Å². The molecule has 8 heteroatoms. The van der Waals surface area contributed by atoms with Crippen molar-refractivity contribution in [1.29, 1.82) is 0 Å². The molecule has 0 fully saturated rings. The molecule has 0 saturated carbocycles. The Balaban J connectivity index is 1.64. The maximum Gasteiger partial charge on any atom is 0.191 e. The largest absolute Gasteiger partial charge is 0.356 e. The number of aliphatic imine (C=N–C) groups is 1. The molecule has 3 aromatic heterocycles. The fourth-order valence-electron chi connectivity index (χ4n) is 2.73. The van der Waals surface area contributed by atoms with Gasteiger partial charge in [-0.15, -0.1) is 32.9 Å². The van der Waals surface area contributed by atoms with Crippen molar-refractivity contribution in [3.05, 3.63) is 56.4 Å². The highest BCUT2D eigenvalue weighted by atomic mass is 32.1. The van der Waals surface area contributed by atoms with E-state index in [1.54, 1.807) is 22.7 Å². The summed E-state index contributed by atoms with van der Waals surface area (Å²) in [5.41, 5.74) is 0.0335. The molecule has 0 aromatic carbocycles. The van der Waals surface area contributed by atoms with E-state index in [1.165, 1.54) is 9.75 Å². The van der Waals surface area contributed by atoms with Crippen molar-refractivity contribution < 1.29 is 0 Å². The highest BCUT2D eigenvalue weighted by Gasteiger charge is 2.22. The summed E-state index contributed by atoms with van der Waals surface area (Å²) >= 11 is 3.58. The van der Waals surface area contributed by atoms with Crippen LogP contribution in [-0.2, 0) is 25.4 Å². The van der Waals surface area contributed by atoms with E-state index in [4.69, 9.17) is 4.99 Å². The highest BCUT2D eigenvalue weighted by Crippen LogP contribution is 2.26. The summed E-state index contributed by atoms with van der Waals surface area (Å²) in [4.78, 5) is 7.48. The second-order valence-electron chi connectivity index (χ2n) is 7.36. The topological polar surface area (TPSA) is 67.1 Å². The molecule has 0 unspecified atom stereocenters. The standard InChI is InChI=1S/C20H28N6S2/c1-15-24-25-18(26(15)4)13-22-19(21-10-9-16-7-5-11-27-16)23-14-20(2,3)17-8-6-12-28-17/h5-8,11-12H,9-10,13-14H2,1-4H3,(H2,21,22,23). The quantitative estimate of drug-likeness (QED) is 0.436.